The average molecular weight is 419 g/mol. The van der Waals surface area contributed by atoms with E-state index in [1.165, 1.54) is 18.3 Å². The van der Waals surface area contributed by atoms with Gasteiger partial charge in [0.05, 0.1) is 16.8 Å². The molecule has 3 heterocycles. The molecule has 4 aromatic rings. The zero-order chi connectivity index (χ0) is 21.6. The lowest BCUT2D eigenvalue weighted by atomic mass is 10.1. The summed E-state index contributed by atoms with van der Waals surface area (Å²) >= 11 is 0. The third-order valence-electron chi connectivity index (χ3n) is 4.57. The van der Waals surface area contributed by atoms with Crippen molar-refractivity contribution in [2.45, 2.75) is 6.42 Å². The lowest BCUT2D eigenvalue weighted by Crippen LogP contribution is -2.10. The minimum Gasteiger partial charge on any atom is -0.372 e. The second-order valence-corrected chi connectivity index (χ2v) is 6.61. The molecule has 0 radical (unpaired) electrons. The third kappa shape index (κ3) is 4.61. The van der Waals surface area contributed by atoms with Crippen LogP contribution < -0.4 is 10.6 Å². The number of nitrogens with one attached hydrogen (secondary N) is 2. The van der Waals surface area contributed by atoms with Gasteiger partial charge < -0.3 is 10.6 Å². The number of pyridine rings is 1. The molecule has 156 valence electrons. The van der Waals surface area contributed by atoms with Crippen LogP contribution in [0.2, 0.25) is 0 Å². The molecule has 0 aliphatic carbocycles. The van der Waals surface area contributed by atoms with E-state index in [-0.39, 0.29) is 11.4 Å². The summed E-state index contributed by atoms with van der Waals surface area (Å²) in [5.41, 5.74) is 2.20. The maximum Gasteiger partial charge on any atom is 0.224 e. The molecule has 2 N–H and O–H groups in total. The Balaban J connectivity index is 1.56. The first-order valence-corrected chi connectivity index (χ1v) is 9.61. The summed E-state index contributed by atoms with van der Waals surface area (Å²) in [4.78, 5) is 21.4. The summed E-state index contributed by atoms with van der Waals surface area (Å²) in [6.07, 6.45) is 7.45. The number of hydrogen-bond donors (Lipinski definition) is 2. The molecule has 1 aromatic carbocycles. The van der Waals surface area contributed by atoms with Crippen molar-refractivity contribution in [3.05, 3.63) is 78.4 Å². The Labute approximate surface area is 177 Å². The number of nitrogens with zero attached hydrogens (tertiary/aromatic N) is 5. The molecule has 0 bridgehead atoms. The van der Waals surface area contributed by atoms with Crippen molar-refractivity contribution < 1.29 is 8.78 Å². The van der Waals surface area contributed by atoms with Crippen molar-refractivity contribution in [3.63, 3.8) is 0 Å². The highest BCUT2D eigenvalue weighted by molar-refractivity contribution is 5.73. The Kier molecular flexibility index (Phi) is 6.02. The lowest BCUT2D eigenvalue weighted by Gasteiger charge is -2.11. The zero-order valence-corrected chi connectivity index (χ0v) is 16.7. The monoisotopic (exact) mass is 419 g/mol. The molecule has 9 heteroatoms. The summed E-state index contributed by atoms with van der Waals surface area (Å²) in [6.45, 7) is 0.644. The van der Waals surface area contributed by atoms with Crippen LogP contribution in [0.15, 0.2) is 61.2 Å². The predicted molar refractivity (Wildman–Crippen MR) is 114 cm³/mol. The van der Waals surface area contributed by atoms with Gasteiger partial charge >= 0.3 is 0 Å². The second-order valence-electron chi connectivity index (χ2n) is 6.61. The molecule has 7 nitrogen and oxygen atoms in total. The summed E-state index contributed by atoms with van der Waals surface area (Å²) in [6, 6.07) is 9.46. The predicted octanol–water partition coefficient (Wildman–Crippen LogP) is 3.97. The van der Waals surface area contributed by atoms with Crippen molar-refractivity contribution in [2.75, 3.05) is 24.2 Å². The van der Waals surface area contributed by atoms with Gasteiger partial charge in [0.25, 0.3) is 0 Å². The molecule has 0 unspecified atom stereocenters. The Bertz CT molecular complexity index is 1190. The van der Waals surface area contributed by atoms with Gasteiger partial charge in [0, 0.05) is 38.4 Å². The second kappa shape index (κ2) is 9.21. The summed E-state index contributed by atoms with van der Waals surface area (Å²) < 4.78 is 27.7. The largest absolute Gasteiger partial charge is 0.372 e. The minimum absolute atomic E-state index is 0.0116. The van der Waals surface area contributed by atoms with Gasteiger partial charge in [-0.15, -0.1) is 0 Å². The topological polar surface area (TPSA) is 88.5 Å². The molecule has 0 saturated heterocycles. The Morgan fingerprint density at radius 3 is 2.61 bits per heavy atom. The van der Waals surface area contributed by atoms with E-state index in [1.54, 1.807) is 25.5 Å². The quantitative estimate of drug-likeness (QED) is 0.469. The van der Waals surface area contributed by atoms with Crippen LogP contribution >= 0.6 is 0 Å². The summed E-state index contributed by atoms with van der Waals surface area (Å²) in [7, 11) is 1.74. The van der Waals surface area contributed by atoms with E-state index < -0.39 is 11.6 Å². The number of benzene rings is 1. The van der Waals surface area contributed by atoms with E-state index in [1.807, 2.05) is 18.3 Å². The van der Waals surface area contributed by atoms with Crippen molar-refractivity contribution in [1.29, 1.82) is 0 Å². The average Bonchev–Trinajstić information content (AvgIpc) is 2.81. The highest BCUT2D eigenvalue weighted by Crippen LogP contribution is 2.27. The smallest absolute Gasteiger partial charge is 0.224 e. The fourth-order valence-corrected chi connectivity index (χ4v) is 3.02. The highest BCUT2D eigenvalue weighted by atomic mass is 19.2. The van der Waals surface area contributed by atoms with Crippen molar-refractivity contribution in [1.82, 2.24) is 24.9 Å². The SMILES string of the molecule is CNc1nc(NCCc2cccnc2)ncc1-c1ccnc(-c2cccc(F)c2F)n1. The molecule has 0 saturated carbocycles. The molecule has 31 heavy (non-hydrogen) atoms. The number of halogens is 2. The van der Waals surface area contributed by atoms with Gasteiger partial charge in [-0.1, -0.05) is 12.1 Å². The van der Waals surface area contributed by atoms with E-state index in [0.717, 1.165) is 18.1 Å². The van der Waals surface area contributed by atoms with E-state index in [4.69, 9.17) is 0 Å². The van der Waals surface area contributed by atoms with Gasteiger partial charge in [0.1, 0.15) is 5.82 Å². The Morgan fingerprint density at radius 2 is 1.81 bits per heavy atom. The first-order valence-electron chi connectivity index (χ1n) is 9.61. The van der Waals surface area contributed by atoms with Crippen molar-refractivity contribution in [3.8, 4) is 22.6 Å². The first kappa shape index (κ1) is 20.3. The molecular weight excluding hydrogens is 400 g/mol. The highest BCUT2D eigenvalue weighted by Gasteiger charge is 2.15. The van der Waals surface area contributed by atoms with E-state index in [9.17, 15) is 8.78 Å². The maximum absolute atomic E-state index is 14.2. The van der Waals surface area contributed by atoms with Crippen LogP contribution in [0.5, 0.6) is 0 Å². The third-order valence-corrected chi connectivity index (χ3v) is 4.57. The minimum atomic E-state index is -0.988. The fourth-order valence-electron chi connectivity index (χ4n) is 3.02. The van der Waals surface area contributed by atoms with Crippen molar-refractivity contribution in [2.24, 2.45) is 0 Å². The normalized spacial score (nSPS) is 10.7. The van der Waals surface area contributed by atoms with Crippen LogP contribution in [0.25, 0.3) is 22.6 Å². The van der Waals surface area contributed by atoms with Crippen LogP contribution in [-0.4, -0.2) is 38.5 Å². The molecule has 0 fully saturated rings. The van der Waals surface area contributed by atoms with Crippen LogP contribution in [0.4, 0.5) is 20.5 Å². The molecule has 0 aliphatic rings. The zero-order valence-electron chi connectivity index (χ0n) is 16.7. The van der Waals surface area contributed by atoms with E-state index in [2.05, 4.69) is 35.6 Å². The van der Waals surface area contributed by atoms with E-state index >= 15 is 0 Å². The lowest BCUT2D eigenvalue weighted by molar-refractivity contribution is 0.510. The van der Waals surface area contributed by atoms with Gasteiger partial charge in [0.2, 0.25) is 5.95 Å². The molecule has 0 spiro atoms. The molecule has 3 aromatic heterocycles. The van der Waals surface area contributed by atoms with E-state index in [0.29, 0.717) is 29.6 Å². The first-order chi connectivity index (χ1) is 15.2. The van der Waals surface area contributed by atoms with Crippen LogP contribution in [0.3, 0.4) is 0 Å². The molecule has 4 rings (SSSR count). The molecule has 0 amide bonds. The number of anilines is 2. The van der Waals surface area contributed by atoms with Crippen LogP contribution in [0, 0.1) is 11.6 Å². The van der Waals surface area contributed by atoms with Gasteiger partial charge in [-0.25, -0.2) is 23.7 Å². The Hall–Kier alpha value is -4.01. The summed E-state index contributed by atoms with van der Waals surface area (Å²) in [5.74, 6) is -0.855. The number of hydrogen-bond acceptors (Lipinski definition) is 7. The van der Waals surface area contributed by atoms with Gasteiger partial charge in [-0.2, -0.15) is 4.98 Å². The van der Waals surface area contributed by atoms with Crippen LogP contribution in [-0.2, 0) is 6.42 Å². The molecular formula is C22H19F2N7. The number of aromatic nitrogens is 5. The molecule has 0 atom stereocenters. The number of rotatable bonds is 7. The van der Waals surface area contributed by atoms with Gasteiger partial charge in [0.15, 0.2) is 17.5 Å². The fraction of sp³-hybridized carbons (Fsp3) is 0.136. The van der Waals surface area contributed by atoms with Crippen LogP contribution in [0.1, 0.15) is 5.56 Å². The van der Waals surface area contributed by atoms with Crippen molar-refractivity contribution >= 4 is 11.8 Å². The van der Waals surface area contributed by atoms with Gasteiger partial charge in [-0.05, 0) is 36.2 Å². The maximum atomic E-state index is 14.2. The molecule has 0 aliphatic heterocycles. The van der Waals surface area contributed by atoms with Gasteiger partial charge in [-0.3, -0.25) is 4.98 Å². The summed E-state index contributed by atoms with van der Waals surface area (Å²) in [5, 5.41) is 6.21. The standard InChI is InChI=1S/C22H19F2N7/c1-25-20-16(13-29-22(31-20)28-10-7-14-4-3-9-26-12-14)18-8-11-27-21(30-18)15-5-2-6-17(23)19(15)24/h2-6,8-9,11-13H,7,10H2,1H3,(H2,25,28,29,31). The Morgan fingerprint density at radius 1 is 0.903 bits per heavy atom.